The molecular formula is C33H28N6. The van der Waals surface area contributed by atoms with Crippen LogP contribution in [-0.4, -0.2) is 30.0 Å². The summed E-state index contributed by atoms with van der Waals surface area (Å²) in [6.07, 6.45) is 0. The van der Waals surface area contributed by atoms with Crippen LogP contribution in [0.2, 0.25) is 0 Å². The zero-order valence-electron chi connectivity index (χ0n) is 22.4. The van der Waals surface area contributed by atoms with Crippen LogP contribution in [0.15, 0.2) is 97.1 Å². The lowest BCUT2D eigenvalue weighted by atomic mass is 9.98. The monoisotopic (exact) mass is 508 g/mol. The third-order valence-electron chi connectivity index (χ3n) is 7.17. The van der Waals surface area contributed by atoms with Gasteiger partial charge >= 0.3 is 0 Å². The van der Waals surface area contributed by atoms with Crippen molar-refractivity contribution in [3.63, 3.8) is 0 Å². The molecule has 190 valence electrons. The zero-order valence-corrected chi connectivity index (χ0v) is 22.4. The van der Waals surface area contributed by atoms with Gasteiger partial charge in [-0.15, -0.1) is 0 Å². The molecule has 0 amide bonds. The van der Waals surface area contributed by atoms with Crippen LogP contribution in [-0.2, 0) is 0 Å². The Hall–Kier alpha value is -4.84. The molecular weight excluding hydrogens is 480 g/mol. The molecule has 4 aromatic carbocycles. The molecule has 6 heteroatoms. The van der Waals surface area contributed by atoms with Gasteiger partial charge in [-0.3, -0.25) is 4.57 Å². The summed E-state index contributed by atoms with van der Waals surface area (Å²) in [4.78, 5) is 22.4. The van der Waals surface area contributed by atoms with Gasteiger partial charge in [-0.1, -0.05) is 72.8 Å². The number of hydrogen-bond donors (Lipinski definition) is 0. The maximum absolute atomic E-state index is 5.12. The number of imidazole rings is 1. The highest BCUT2D eigenvalue weighted by atomic mass is 15.3. The van der Waals surface area contributed by atoms with E-state index in [2.05, 4.69) is 73.6 Å². The Morgan fingerprint density at radius 1 is 0.538 bits per heavy atom. The van der Waals surface area contributed by atoms with E-state index in [1.54, 1.807) is 0 Å². The fourth-order valence-corrected chi connectivity index (χ4v) is 5.56. The van der Waals surface area contributed by atoms with Gasteiger partial charge in [0.1, 0.15) is 11.3 Å². The fourth-order valence-electron chi connectivity index (χ4n) is 5.56. The lowest BCUT2D eigenvalue weighted by molar-refractivity contribution is 0.558. The first-order chi connectivity index (χ1) is 18.9. The highest BCUT2D eigenvalue weighted by Crippen LogP contribution is 2.47. The lowest BCUT2D eigenvalue weighted by Gasteiger charge is -2.42. The van der Waals surface area contributed by atoms with Crippen molar-refractivity contribution >= 4 is 22.4 Å². The third-order valence-corrected chi connectivity index (χ3v) is 7.17. The van der Waals surface area contributed by atoms with E-state index < -0.39 is 0 Å². The number of rotatable bonds is 3. The minimum absolute atomic E-state index is 0.137. The Balaban J connectivity index is 1.52. The Labute approximate surface area is 227 Å². The standard InChI is InChI=1S/C33H28N6/c1-21-34-28-24(19-20-27-29(28)38(21)25-17-11-12-18-26(25)39(27)33(2,3)4)32-36-30(22-13-7-5-8-14-22)35-31(37-32)23-15-9-6-10-16-23/h5-20H,1-4H3. The Morgan fingerprint density at radius 3 is 1.67 bits per heavy atom. The summed E-state index contributed by atoms with van der Waals surface area (Å²) < 4.78 is 2.27. The number of aryl methyl sites for hydroxylation is 1. The van der Waals surface area contributed by atoms with Gasteiger partial charge in [-0.2, -0.15) is 0 Å². The summed E-state index contributed by atoms with van der Waals surface area (Å²) in [5, 5.41) is 0. The predicted octanol–water partition coefficient (Wildman–Crippen LogP) is 7.77. The highest BCUT2D eigenvalue weighted by Gasteiger charge is 2.34. The molecule has 7 rings (SSSR count). The number of nitrogens with zero attached hydrogens (tertiary/aromatic N) is 6. The van der Waals surface area contributed by atoms with Crippen LogP contribution in [0.1, 0.15) is 26.6 Å². The predicted molar refractivity (Wildman–Crippen MR) is 157 cm³/mol. The van der Waals surface area contributed by atoms with Crippen LogP contribution >= 0.6 is 0 Å². The second-order valence-electron chi connectivity index (χ2n) is 10.9. The van der Waals surface area contributed by atoms with E-state index in [4.69, 9.17) is 19.9 Å². The van der Waals surface area contributed by atoms with Crippen LogP contribution in [0.3, 0.4) is 0 Å². The minimum Gasteiger partial charge on any atom is -0.333 e. The molecule has 1 aliphatic heterocycles. The van der Waals surface area contributed by atoms with Crippen molar-refractivity contribution in [3.8, 4) is 39.9 Å². The van der Waals surface area contributed by atoms with Gasteiger partial charge in [0.2, 0.25) is 0 Å². The average molecular weight is 509 g/mol. The van der Waals surface area contributed by atoms with E-state index in [9.17, 15) is 0 Å². The number of aromatic nitrogens is 5. The SMILES string of the molecule is Cc1nc2c(-c3nc(-c4ccccc4)nc(-c4ccccc4)n3)ccc3c2n1-c1ccccc1N3C(C)(C)C. The topological polar surface area (TPSA) is 59.7 Å². The van der Waals surface area contributed by atoms with Crippen LogP contribution in [0.4, 0.5) is 11.4 Å². The molecule has 2 aromatic heterocycles. The van der Waals surface area contributed by atoms with Crippen LogP contribution in [0.5, 0.6) is 0 Å². The van der Waals surface area contributed by atoms with Gasteiger partial charge < -0.3 is 4.90 Å². The van der Waals surface area contributed by atoms with Gasteiger partial charge in [-0.25, -0.2) is 19.9 Å². The van der Waals surface area contributed by atoms with Crippen LogP contribution < -0.4 is 4.90 Å². The first-order valence-electron chi connectivity index (χ1n) is 13.2. The molecule has 0 aliphatic carbocycles. The maximum Gasteiger partial charge on any atom is 0.166 e. The van der Waals surface area contributed by atoms with E-state index in [-0.39, 0.29) is 5.54 Å². The average Bonchev–Trinajstić information content (AvgIpc) is 3.31. The largest absolute Gasteiger partial charge is 0.333 e. The molecule has 0 atom stereocenters. The van der Waals surface area contributed by atoms with E-state index in [0.717, 1.165) is 44.9 Å². The van der Waals surface area contributed by atoms with Crippen molar-refractivity contribution in [2.24, 2.45) is 0 Å². The van der Waals surface area contributed by atoms with Gasteiger partial charge in [0.15, 0.2) is 17.5 Å². The van der Waals surface area contributed by atoms with Crippen molar-refractivity contribution < 1.29 is 0 Å². The molecule has 0 saturated carbocycles. The minimum atomic E-state index is -0.137. The summed E-state index contributed by atoms with van der Waals surface area (Å²) >= 11 is 0. The molecule has 0 unspecified atom stereocenters. The van der Waals surface area contributed by atoms with Gasteiger partial charge in [0, 0.05) is 22.2 Å². The van der Waals surface area contributed by atoms with Crippen molar-refractivity contribution in [2.75, 3.05) is 4.90 Å². The second kappa shape index (κ2) is 8.60. The number of para-hydroxylation sites is 2. The number of benzene rings is 4. The zero-order chi connectivity index (χ0) is 26.7. The van der Waals surface area contributed by atoms with E-state index in [1.807, 2.05) is 60.7 Å². The summed E-state index contributed by atoms with van der Waals surface area (Å²) in [6, 6.07) is 33.0. The van der Waals surface area contributed by atoms with Gasteiger partial charge in [0.25, 0.3) is 0 Å². The fraction of sp³-hybridized carbons (Fsp3) is 0.152. The normalized spacial score (nSPS) is 12.6. The summed E-state index contributed by atoms with van der Waals surface area (Å²) in [6.45, 7) is 8.79. The maximum atomic E-state index is 5.12. The molecule has 3 heterocycles. The molecule has 6 aromatic rings. The first kappa shape index (κ1) is 23.3. The van der Waals surface area contributed by atoms with E-state index in [1.165, 1.54) is 5.69 Å². The molecule has 0 saturated heterocycles. The van der Waals surface area contributed by atoms with Crippen LogP contribution in [0.25, 0.3) is 50.9 Å². The molecule has 6 nitrogen and oxygen atoms in total. The highest BCUT2D eigenvalue weighted by molar-refractivity contribution is 6.04. The van der Waals surface area contributed by atoms with Gasteiger partial charge in [0.05, 0.1) is 22.6 Å². The second-order valence-corrected chi connectivity index (χ2v) is 10.9. The Kier molecular flexibility index (Phi) is 5.13. The lowest BCUT2D eigenvalue weighted by Crippen LogP contribution is -2.39. The number of anilines is 2. The molecule has 1 aliphatic rings. The molecule has 0 fully saturated rings. The van der Waals surface area contributed by atoms with Crippen molar-refractivity contribution in [1.82, 2.24) is 24.5 Å². The van der Waals surface area contributed by atoms with Crippen LogP contribution in [0, 0.1) is 6.92 Å². The van der Waals surface area contributed by atoms with Crippen molar-refractivity contribution in [2.45, 2.75) is 33.2 Å². The Bertz CT molecular complexity index is 1790. The summed E-state index contributed by atoms with van der Waals surface area (Å²) in [5.74, 6) is 2.82. The molecule has 0 spiro atoms. The first-order valence-corrected chi connectivity index (χ1v) is 13.2. The molecule has 0 bridgehead atoms. The Morgan fingerprint density at radius 2 is 1.08 bits per heavy atom. The summed E-state index contributed by atoms with van der Waals surface area (Å²) in [5.41, 5.74) is 8.03. The number of fused-ring (bicyclic) bond motifs is 2. The van der Waals surface area contributed by atoms with Gasteiger partial charge in [-0.05, 0) is 52.0 Å². The smallest absolute Gasteiger partial charge is 0.166 e. The molecule has 0 N–H and O–H groups in total. The molecule has 0 radical (unpaired) electrons. The van der Waals surface area contributed by atoms with E-state index >= 15 is 0 Å². The number of hydrogen-bond acceptors (Lipinski definition) is 5. The summed E-state index contributed by atoms with van der Waals surface area (Å²) in [7, 11) is 0. The molecule has 39 heavy (non-hydrogen) atoms. The van der Waals surface area contributed by atoms with Crippen molar-refractivity contribution in [3.05, 3.63) is 103 Å². The third kappa shape index (κ3) is 3.71. The van der Waals surface area contributed by atoms with Crippen molar-refractivity contribution in [1.29, 1.82) is 0 Å². The van der Waals surface area contributed by atoms with E-state index in [0.29, 0.717) is 17.5 Å². The quantitative estimate of drug-likeness (QED) is 0.244.